The van der Waals surface area contributed by atoms with Crippen molar-refractivity contribution in [1.82, 2.24) is 5.32 Å². The van der Waals surface area contributed by atoms with Gasteiger partial charge in [-0.05, 0) is 74.9 Å². The number of nitrogens with one attached hydrogen (secondary N) is 1. The highest BCUT2D eigenvalue weighted by Gasteiger charge is 2.38. The fourth-order valence-corrected chi connectivity index (χ4v) is 3.44. The van der Waals surface area contributed by atoms with Gasteiger partial charge in [-0.2, -0.15) is 0 Å². The average molecular weight is 244 g/mol. The molecule has 2 saturated heterocycles. The van der Waals surface area contributed by atoms with E-state index in [1.54, 1.807) is 0 Å². The van der Waals surface area contributed by atoms with Gasteiger partial charge >= 0.3 is 0 Å². The van der Waals surface area contributed by atoms with Gasteiger partial charge in [-0.25, -0.2) is 0 Å². The van der Waals surface area contributed by atoms with E-state index in [9.17, 15) is 0 Å². The molecule has 2 fully saturated rings. The fourth-order valence-electron chi connectivity index (χ4n) is 3.44. The normalized spacial score (nSPS) is 22.7. The Morgan fingerprint density at radius 3 is 2.56 bits per heavy atom. The number of anilines is 1. The summed E-state index contributed by atoms with van der Waals surface area (Å²) in [6.07, 6.45) is 4.09. The first-order valence-corrected chi connectivity index (χ1v) is 7.22. The molecule has 0 aliphatic carbocycles. The first-order valence-electron chi connectivity index (χ1n) is 7.22. The van der Waals surface area contributed by atoms with Gasteiger partial charge in [0.2, 0.25) is 0 Å². The van der Waals surface area contributed by atoms with E-state index in [-0.39, 0.29) is 0 Å². The maximum atomic E-state index is 3.49. The summed E-state index contributed by atoms with van der Waals surface area (Å²) >= 11 is 0. The van der Waals surface area contributed by atoms with E-state index in [0.717, 1.165) is 0 Å². The second-order valence-electron chi connectivity index (χ2n) is 6.19. The largest absolute Gasteiger partial charge is 0.371 e. The highest BCUT2D eigenvalue weighted by atomic mass is 15.2. The average Bonchev–Trinajstić information content (AvgIpc) is 2.78. The molecule has 1 aromatic rings. The van der Waals surface area contributed by atoms with Crippen molar-refractivity contribution in [3.63, 3.8) is 0 Å². The highest BCUT2D eigenvalue weighted by molar-refractivity contribution is 5.51. The van der Waals surface area contributed by atoms with Crippen molar-refractivity contribution in [3.8, 4) is 0 Å². The zero-order valence-corrected chi connectivity index (χ0v) is 11.6. The molecular weight excluding hydrogens is 220 g/mol. The highest BCUT2D eigenvalue weighted by Crippen LogP contribution is 2.40. The van der Waals surface area contributed by atoms with Crippen LogP contribution in [0, 0.1) is 19.3 Å². The first kappa shape index (κ1) is 12.0. The van der Waals surface area contributed by atoms with Crippen LogP contribution >= 0.6 is 0 Å². The molecule has 2 heterocycles. The minimum atomic E-state index is 0.601. The Hall–Kier alpha value is -1.02. The van der Waals surface area contributed by atoms with E-state index in [1.165, 1.54) is 62.3 Å². The van der Waals surface area contributed by atoms with Crippen molar-refractivity contribution < 1.29 is 0 Å². The van der Waals surface area contributed by atoms with E-state index in [4.69, 9.17) is 0 Å². The molecule has 18 heavy (non-hydrogen) atoms. The van der Waals surface area contributed by atoms with E-state index >= 15 is 0 Å². The van der Waals surface area contributed by atoms with Crippen LogP contribution in [0.15, 0.2) is 18.2 Å². The zero-order chi connectivity index (χ0) is 12.6. The van der Waals surface area contributed by atoms with Gasteiger partial charge in [0.15, 0.2) is 0 Å². The Balaban J connectivity index is 1.76. The third kappa shape index (κ3) is 2.14. The van der Waals surface area contributed by atoms with Crippen LogP contribution in [0.25, 0.3) is 0 Å². The van der Waals surface area contributed by atoms with E-state index in [1.807, 2.05) is 0 Å². The number of nitrogens with zero attached hydrogens (tertiary/aromatic N) is 1. The molecule has 0 unspecified atom stereocenters. The molecule has 0 amide bonds. The quantitative estimate of drug-likeness (QED) is 0.817. The van der Waals surface area contributed by atoms with Crippen molar-refractivity contribution >= 4 is 5.69 Å². The second-order valence-corrected chi connectivity index (χ2v) is 6.19. The number of hydrogen-bond donors (Lipinski definition) is 1. The van der Waals surface area contributed by atoms with Crippen molar-refractivity contribution in [1.29, 1.82) is 0 Å². The van der Waals surface area contributed by atoms with Crippen LogP contribution in [0.4, 0.5) is 5.69 Å². The van der Waals surface area contributed by atoms with Crippen molar-refractivity contribution in [3.05, 3.63) is 29.3 Å². The third-order valence-electron chi connectivity index (χ3n) is 4.96. The number of aryl methyl sites for hydroxylation is 2. The number of piperidine rings is 1. The maximum Gasteiger partial charge on any atom is 0.0369 e. The Labute approximate surface area is 110 Å². The monoisotopic (exact) mass is 244 g/mol. The summed E-state index contributed by atoms with van der Waals surface area (Å²) in [6, 6.07) is 6.91. The molecule has 2 nitrogen and oxygen atoms in total. The van der Waals surface area contributed by atoms with Gasteiger partial charge in [0.25, 0.3) is 0 Å². The van der Waals surface area contributed by atoms with Crippen molar-refractivity contribution in [2.75, 3.05) is 31.1 Å². The lowest BCUT2D eigenvalue weighted by Crippen LogP contribution is -2.38. The molecule has 2 aliphatic heterocycles. The van der Waals surface area contributed by atoms with Gasteiger partial charge < -0.3 is 10.2 Å². The standard InChI is InChI=1S/C16H24N2/c1-13-3-4-15(11-14(13)2)18-10-7-16(12-18)5-8-17-9-6-16/h3-4,11,17H,5-10,12H2,1-2H3. The predicted molar refractivity (Wildman–Crippen MR) is 77.3 cm³/mol. The van der Waals surface area contributed by atoms with E-state index < -0.39 is 0 Å². The van der Waals surface area contributed by atoms with E-state index in [2.05, 4.69) is 42.3 Å². The number of benzene rings is 1. The molecule has 98 valence electrons. The van der Waals surface area contributed by atoms with Crippen LogP contribution in [-0.2, 0) is 0 Å². The van der Waals surface area contributed by atoms with Crippen LogP contribution in [0.3, 0.4) is 0 Å². The Morgan fingerprint density at radius 1 is 1.06 bits per heavy atom. The van der Waals surface area contributed by atoms with Crippen LogP contribution in [0.2, 0.25) is 0 Å². The molecule has 0 aromatic heterocycles. The first-order chi connectivity index (χ1) is 8.69. The summed E-state index contributed by atoms with van der Waals surface area (Å²) in [7, 11) is 0. The lowest BCUT2D eigenvalue weighted by atomic mass is 9.78. The Kier molecular flexibility index (Phi) is 3.06. The van der Waals surface area contributed by atoms with Gasteiger partial charge in [-0.15, -0.1) is 0 Å². The smallest absolute Gasteiger partial charge is 0.0369 e. The lowest BCUT2D eigenvalue weighted by Gasteiger charge is -2.34. The van der Waals surface area contributed by atoms with Crippen LogP contribution in [0.1, 0.15) is 30.4 Å². The van der Waals surface area contributed by atoms with E-state index in [0.29, 0.717) is 5.41 Å². The molecule has 2 heteroatoms. The lowest BCUT2D eigenvalue weighted by molar-refractivity contribution is 0.232. The fraction of sp³-hybridized carbons (Fsp3) is 0.625. The molecule has 1 spiro atoms. The van der Waals surface area contributed by atoms with Gasteiger partial charge in [0.1, 0.15) is 0 Å². The van der Waals surface area contributed by atoms with Crippen LogP contribution in [0.5, 0.6) is 0 Å². The summed E-state index contributed by atoms with van der Waals surface area (Å²) in [5, 5.41) is 3.49. The number of rotatable bonds is 1. The van der Waals surface area contributed by atoms with Gasteiger partial charge in [0, 0.05) is 18.8 Å². The van der Waals surface area contributed by atoms with Gasteiger partial charge in [-0.3, -0.25) is 0 Å². The third-order valence-corrected chi connectivity index (χ3v) is 4.96. The van der Waals surface area contributed by atoms with Gasteiger partial charge in [0.05, 0.1) is 0 Å². The van der Waals surface area contributed by atoms with Gasteiger partial charge in [-0.1, -0.05) is 6.07 Å². The topological polar surface area (TPSA) is 15.3 Å². The minimum Gasteiger partial charge on any atom is -0.371 e. The minimum absolute atomic E-state index is 0.601. The summed E-state index contributed by atoms with van der Waals surface area (Å²) in [6.45, 7) is 9.33. The molecular formula is C16H24N2. The molecule has 3 rings (SSSR count). The summed E-state index contributed by atoms with van der Waals surface area (Å²) in [5.74, 6) is 0. The molecule has 0 atom stereocenters. The molecule has 0 bridgehead atoms. The molecule has 1 aromatic carbocycles. The molecule has 0 radical (unpaired) electrons. The molecule has 2 aliphatic rings. The Bertz CT molecular complexity index is 433. The van der Waals surface area contributed by atoms with Crippen LogP contribution < -0.4 is 10.2 Å². The second kappa shape index (κ2) is 4.58. The van der Waals surface area contributed by atoms with Crippen LogP contribution in [-0.4, -0.2) is 26.2 Å². The summed E-state index contributed by atoms with van der Waals surface area (Å²) in [5.41, 5.74) is 4.84. The van der Waals surface area contributed by atoms with Crippen molar-refractivity contribution in [2.45, 2.75) is 33.1 Å². The zero-order valence-electron chi connectivity index (χ0n) is 11.6. The maximum absolute atomic E-state index is 3.49. The molecule has 1 N–H and O–H groups in total. The summed E-state index contributed by atoms with van der Waals surface area (Å²) in [4.78, 5) is 2.60. The van der Waals surface area contributed by atoms with Crippen molar-refractivity contribution in [2.24, 2.45) is 5.41 Å². The number of hydrogen-bond acceptors (Lipinski definition) is 2. The molecule has 0 saturated carbocycles. The SMILES string of the molecule is Cc1ccc(N2CCC3(CCNCC3)C2)cc1C. The predicted octanol–water partition coefficient (Wildman–Crippen LogP) is 2.88. The summed E-state index contributed by atoms with van der Waals surface area (Å²) < 4.78 is 0. The Morgan fingerprint density at radius 2 is 1.83 bits per heavy atom.